The second-order valence-electron chi connectivity index (χ2n) is 7.97. The van der Waals surface area contributed by atoms with E-state index in [1.165, 1.54) is 12.8 Å². The van der Waals surface area contributed by atoms with E-state index in [1.807, 2.05) is 36.4 Å². The molecule has 3 aromatic rings. The minimum Gasteiger partial charge on any atom is -0.482 e. The number of nitrogens with zero attached hydrogens (tertiary/aromatic N) is 4. The van der Waals surface area contributed by atoms with Crippen molar-refractivity contribution >= 4 is 17.4 Å². The van der Waals surface area contributed by atoms with Gasteiger partial charge in [0.15, 0.2) is 12.4 Å². The number of hydrogen-bond donors (Lipinski definition) is 1. The second-order valence-corrected chi connectivity index (χ2v) is 7.97. The molecule has 7 heteroatoms. The summed E-state index contributed by atoms with van der Waals surface area (Å²) >= 11 is 0. The van der Waals surface area contributed by atoms with Crippen LogP contribution in [0.2, 0.25) is 0 Å². The molecule has 0 spiro atoms. The van der Waals surface area contributed by atoms with Gasteiger partial charge in [-0.05, 0) is 55.2 Å². The molecular formula is C25H25N5O2. The lowest BCUT2D eigenvalue weighted by Gasteiger charge is -2.30. The van der Waals surface area contributed by atoms with Crippen molar-refractivity contribution in [1.29, 1.82) is 5.26 Å². The third-order valence-electron chi connectivity index (χ3n) is 5.57. The van der Waals surface area contributed by atoms with Crippen LogP contribution in [0.15, 0.2) is 60.7 Å². The monoisotopic (exact) mass is 427 g/mol. The van der Waals surface area contributed by atoms with E-state index in [0.29, 0.717) is 17.0 Å². The van der Waals surface area contributed by atoms with Crippen LogP contribution in [0.5, 0.6) is 5.75 Å². The highest BCUT2D eigenvalue weighted by atomic mass is 16.5. The summed E-state index contributed by atoms with van der Waals surface area (Å²) in [6.45, 7) is 4.12. The Morgan fingerprint density at radius 1 is 1.12 bits per heavy atom. The van der Waals surface area contributed by atoms with Gasteiger partial charge in [0.05, 0.1) is 11.3 Å². The lowest BCUT2D eigenvalue weighted by Crippen LogP contribution is -2.33. The Labute approximate surface area is 187 Å². The van der Waals surface area contributed by atoms with Gasteiger partial charge in [-0.25, -0.2) is 0 Å². The van der Waals surface area contributed by atoms with Gasteiger partial charge in [0.2, 0.25) is 0 Å². The summed E-state index contributed by atoms with van der Waals surface area (Å²) in [5.74, 6) is 1.75. The normalized spacial score (nSPS) is 13.9. The van der Waals surface area contributed by atoms with E-state index in [9.17, 15) is 4.79 Å². The van der Waals surface area contributed by atoms with Crippen LogP contribution in [0, 0.1) is 17.2 Å². The maximum absolute atomic E-state index is 12.3. The van der Waals surface area contributed by atoms with E-state index in [1.54, 1.807) is 30.3 Å². The van der Waals surface area contributed by atoms with Crippen LogP contribution in [-0.2, 0) is 4.79 Å². The number of carbonyl (C=O) groups is 1. The van der Waals surface area contributed by atoms with Gasteiger partial charge in [-0.3, -0.25) is 4.79 Å². The molecule has 0 aliphatic carbocycles. The average Bonchev–Trinajstić information content (AvgIpc) is 2.84. The smallest absolute Gasteiger partial charge is 0.262 e. The van der Waals surface area contributed by atoms with Crippen molar-refractivity contribution in [2.45, 2.75) is 19.8 Å². The van der Waals surface area contributed by atoms with Crippen molar-refractivity contribution in [1.82, 2.24) is 10.2 Å². The molecule has 162 valence electrons. The van der Waals surface area contributed by atoms with Crippen LogP contribution in [-0.4, -0.2) is 35.8 Å². The molecule has 1 aliphatic rings. The molecule has 1 aliphatic heterocycles. The Morgan fingerprint density at radius 3 is 2.69 bits per heavy atom. The molecule has 0 atom stereocenters. The van der Waals surface area contributed by atoms with Gasteiger partial charge in [-0.1, -0.05) is 31.2 Å². The molecule has 1 amide bonds. The Bertz CT molecular complexity index is 1120. The van der Waals surface area contributed by atoms with Gasteiger partial charge in [0.25, 0.3) is 5.91 Å². The standard InChI is InChI=1S/C25H25N5O2/c1-18-11-13-30(14-12-18)24-10-9-22(28-29-24)19-6-4-7-21(15-19)27-25(31)17-32-23-8-3-2-5-20(23)16-26/h2-10,15,18H,11-14,17H2,1H3,(H,27,31). The van der Waals surface area contributed by atoms with Gasteiger partial charge in [-0.15, -0.1) is 10.2 Å². The maximum Gasteiger partial charge on any atom is 0.262 e. The summed E-state index contributed by atoms with van der Waals surface area (Å²) in [6.07, 6.45) is 2.36. The Morgan fingerprint density at radius 2 is 1.94 bits per heavy atom. The van der Waals surface area contributed by atoms with Crippen molar-refractivity contribution in [2.24, 2.45) is 5.92 Å². The highest BCUT2D eigenvalue weighted by Crippen LogP contribution is 2.24. The summed E-state index contributed by atoms with van der Waals surface area (Å²) in [5, 5.41) is 20.8. The number of nitriles is 1. The topological polar surface area (TPSA) is 91.1 Å². The van der Waals surface area contributed by atoms with Crippen molar-refractivity contribution < 1.29 is 9.53 Å². The van der Waals surface area contributed by atoms with Crippen LogP contribution < -0.4 is 15.0 Å². The summed E-state index contributed by atoms with van der Waals surface area (Å²) in [4.78, 5) is 14.6. The number of anilines is 2. The number of para-hydroxylation sites is 1. The summed E-state index contributed by atoms with van der Waals surface area (Å²) in [5.41, 5.74) is 2.64. The van der Waals surface area contributed by atoms with Crippen LogP contribution in [0.25, 0.3) is 11.3 Å². The highest BCUT2D eigenvalue weighted by molar-refractivity contribution is 5.92. The summed E-state index contributed by atoms with van der Waals surface area (Å²) < 4.78 is 5.49. The molecule has 0 unspecified atom stereocenters. The van der Waals surface area contributed by atoms with E-state index in [4.69, 9.17) is 10.00 Å². The molecule has 0 saturated carbocycles. The number of piperidine rings is 1. The highest BCUT2D eigenvalue weighted by Gasteiger charge is 2.17. The number of amides is 1. The fourth-order valence-corrected chi connectivity index (χ4v) is 3.67. The van der Waals surface area contributed by atoms with E-state index in [-0.39, 0.29) is 12.5 Å². The third kappa shape index (κ3) is 5.22. The van der Waals surface area contributed by atoms with E-state index >= 15 is 0 Å². The fourth-order valence-electron chi connectivity index (χ4n) is 3.67. The average molecular weight is 428 g/mol. The number of carbonyl (C=O) groups excluding carboxylic acids is 1. The first-order chi connectivity index (χ1) is 15.6. The van der Waals surface area contributed by atoms with E-state index in [0.717, 1.165) is 36.1 Å². The number of benzene rings is 2. The number of ether oxygens (including phenoxy) is 1. The first kappa shape index (κ1) is 21.3. The lowest BCUT2D eigenvalue weighted by molar-refractivity contribution is -0.118. The molecule has 0 radical (unpaired) electrons. The molecule has 1 saturated heterocycles. The molecular weight excluding hydrogens is 402 g/mol. The zero-order valence-corrected chi connectivity index (χ0v) is 18.0. The van der Waals surface area contributed by atoms with Gasteiger partial charge in [-0.2, -0.15) is 5.26 Å². The minimum absolute atomic E-state index is 0.189. The van der Waals surface area contributed by atoms with E-state index in [2.05, 4.69) is 27.3 Å². The van der Waals surface area contributed by atoms with Crippen molar-refractivity contribution in [3.8, 4) is 23.1 Å². The molecule has 1 aromatic heterocycles. The van der Waals surface area contributed by atoms with Crippen LogP contribution in [0.4, 0.5) is 11.5 Å². The van der Waals surface area contributed by atoms with E-state index < -0.39 is 0 Å². The number of nitrogens with one attached hydrogen (secondary N) is 1. The molecule has 1 fully saturated rings. The SMILES string of the molecule is CC1CCN(c2ccc(-c3cccc(NC(=O)COc4ccccc4C#N)c3)nn2)CC1. The minimum atomic E-state index is -0.310. The lowest BCUT2D eigenvalue weighted by atomic mass is 9.99. The second kappa shape index (κ2) is 9.92. The van der Waals surface area contributed by atoms with Gasteiger partial charge < -0.3 is 15.0 Å². The third-order valence-corrected chi connectivity index (χ3v) is 5.57. The van der Waals surface area contributed by atoms with Crippen molar-refractivity contribution in [2.75, 3.05) is 29.9 Å². The molecule has 4 rings (SSSR count). The number of hydrogen-bond acceptors (Lipinski definition) is 6. The quantitative estimate of drug-likeness (QED) is 0.632. The van der Waals surface area contributed by atoms with Gasteiger partial charge >= 0.3 is 0 Å². The van der Waals surface area contributed by atoms with Gasteiger partial charge in [0.1, 0.15) is 11.8 Å². The zero-order chi connectivity index (χ0) is 22.3. The molecule has 0 bridgehead atoms. The van der Waals surface area contributed by atoms with Crippen LogP contribution in [0.1, 0.15) is 25.3 Å². The van der Waals surface area contributed by atoms with Crippen molar-refractivity contribution in [3.63, 3.8) is 0 Å². The first-order valence-electron chi connectivity index (χ1n) is 10.7. The Balaban J connectivity index is 1.38. The molecule has 32 heavy (non-hydrogen) atoms. The maximum atomic E-state index is 12.3. The molecule has 2 aromatic carbocycles. The largest absolute Gasteiger partial charge is 0.482 e. The zero-order valence-electron chi connectivity index (χ0n) is 18.0. The number of rotatable bonds is 6. The summed E-state index contributed by atoms with van der Waals surface area (Å²) in [7, 11) is 0. The molecule has 7 nitrogen and oxygen atoms in total. The van der Waals surface area contributed by atoms with Gasteiger partial charge in [0, 0.05) is 24.3 Å². The predicted molar refractivity (Wildman–Crippen MR) is 123 cm³/mol. The Hall–Kier alpha value is -3.92. The molecule has 2 heterocycles. The summed E-state index contributed by atoms with van der Waals surface area (Å²) in [6, 6.07) is 20.3. The van der Waals surface area contributed by atoms with Crippen LogP contribution in [0.3, 0.4) is 0 Å². The first-order valence-corrected chi connectivity index (χ1v) is 10.7. The predicted octanol–water partition coefficient (Wildman–Crippen LogP) is 4.27. The fraction of sp³-hybridized carbons (Fsp3) is 0.280. The number of aromatic nitrogens is 2. The van der Waals surface area contributed by atoms with Crippen molar-refractivity contribution in [3.05, 3.63) is 66.2 Å². The molecule has 1 N–H and O–H groups in total. The van der Waals surface area contributed by atoms with Crippen LogP contribution >= 0.6 is 0 Å². The Kier molecular flexibility index (Phi) is 6.61.